The van der Waals surface area contributed by atoms with Gasteiger partial charge in [0.1, 0.15) is 0 Å². The second-order valence-corrected chi connectivity index (χ2v) is 17.7. The third-order valence-electron chi connectivity index (χ3n) is 14.1. The monoisotopic (exact) mass is 857 g/mol. The van der Waals surface area contributed by atoms with E-state index in [0.29, 0.717) is 0 Å². The molecular weight excluding hydrogens is 807 g/mol. The molecule has 0 aromatic heterocycles. The van der Waals surface area contributed by atoms with Gasteiger partial charge in [-0.3, -0.25) is 0 Å². The summed E-state index contributed by atoms with van der Waals surface area (Å²) in [5.41, 5.74) is 24.9. The molecule has 12 rings (SSSR count). The lowest BCUT2D eigenvalue weighted by Gasteiger charge is -2.51. The number of nitrogen functional groups attached to an aromatic ring is 1. The van der Waals surface area contributed by atoms with Crippen molar-refractivity contribution in [2.24, 2.45) is 0 Å². The van der Waals surface area contributed by atoms with Gasteiger partial charge in [0, 0.05) is 5.69 Å². The summed E-state index contributed by atoms with van der Waals surface area (Å²) in [7, 11) is 0. The molecule has 3 aliphatic carbocycles. The van der Waals surface area contributed by atoms with E-state index in [9.17, 15) is 0 Å². The first-order valence-electron chi connectivity index (χ1n) is 23.4. The van der Waals surface area contributed by atoms with Gasteiger partial charge in [0.2, 0.25) is 0 Å². The Balaban J connectivity index is 0.000000328. The van der Waals surface area contributed by atoms with Crippen LogP contribution in [0.2, 0.25) is 0 Å². The molecule has 0 saturated carbocycles. The van der Waals surface area contributed by atoms with Gasteiger partial charge in [-0.1, -0.05) is 249 Å². The van der Waals surface area contributed by atoms with Crippen LogP contribution >= 0.6 is 0 Å². The lowest BCUT2D eigenvalue weighted by Crippen LogP contribution is -2.45. The zero-order valence-electron chi connectivity index (χ0n) is 37.5. The molecule has 0 atom stereocenters. The van der Waals surface area contributed by atoms with Crippen LogP contribution in [0.25, 0.3) is 44.7 Å². The van der Waals surface area contributed by atoms with Gasteiger partial charge in [-0.25, -0.2) is 0 Å². The maximum Gasteiger partial charge on any atom is 0.0720 e. The summed E-state index contributed by atoms with van der Waals surface area (Å²) in [6.45, 7) is 4.06. The molecule has 0 radical (unpaired) electrons. The highest BCUT2D eigenvalue weighted by atomic mass is 14.6. The summed E-state index contributed by atoms with van der Waals surface area (Å²) in [5, 5.41) is 2.48. The molecule has 0 heterocycles. The third kappa shape index (κ3) is 7.03. The summed E-state index contributed by atoms with van der Waals surface area (Å²) in [6.07, 6.45) is 17.5. The topological polar surface area (TPSA) is 26.0 Å². The van der Waals surface area contributed by atoms with Crippen molar-refractivity contribution in [2.75, 3.05) is 5.73 Å². The zero-order chi connectivity index (χ0) is 45.2. The van der Waals surface area contributed by atoms with E-state index in [0.717, 1.165) is 24.1 Å². The van der Waals surface area contributed by atoms with Crippen molar-refractivity contribution in [1.82, 2.24) is 0 Å². The molecule has 320 valence electrons. The summed E-state index contributed by atoms with van der Waals surface area (Å²) in [4.78, 5) is 0. The molecule has 0 saturated heterocycles. The van der Waals surface area contributed by atoms with Crippen LogP contribution in [0, 0.1) is 0 Å². The first-order valence-corrected chi connectivity index (χ1v) is 23.4. The SMILES string of the molecule is C=C/C=C(\C=C/c1ccc2c(c1)C1(c3ccccc3-2)c2ccccc2C(C2=CC=CCC2)(c2ccccc2)c2ccccc21)c1ccc2ccccc2c1.Nc1ccc(-c2ccccc2)cc1. The van der Waals surface area contributed by atoms with Crippen LogP contribution in [0.4, 0.5) is 5.69 Å². The van der Waals surface area contributed by atoms with Crippen LogP contribution in [0.3, 0.4) is 0 Å². The molecule has 1 spiro atoms. The quantitative estimate of drug-likeness (QED) is 0.125. The van der Waals surface area contributed by atoms with Gasteiger partial charge in [0.25, 0.3) is 0 Å². The van der Waals surface area contributed by atoms with E-state index < -0.39 is 10.8 Å². The van der Waals surface area contributed by atoms with Crippen molar-refractivity contribution in [3.63, 3.8) is 0 Å². The predicted molar refractivity (Wildman–Crippen MR) is 284 cm³/mol. The Morgan fingerprint density at radius 2 is 1.07 bits per heavy atom. The maximum absolute atomic E-state index is 5.60. The van der Waals surface area contributed by atoms with Crippen molar-refractivity contribution in [3.05, 3.63) is 317 Å². The van der Waals surface area contributed by atoms with Crippen molar-refractivity contribution in [2.45, 2.75) is 23.7 Å². The lowest BCUT2D eigenvalue weighted by atomic mass is 9.50. The van der Waals surface area contributed by atoms with Crippen molar-refractivity contribution >= 4 is 28.1 Å². The Labute approximate surface area is 395 Å². The fourth-order valence-corrected chi connectivity index (χ4v) is 11.2. The molecule has 0 amide bonds. The van der Waals surface area contributed by atoms with Crippen molar-refractivity contribution in [1.29, 1.82) is 0 Å². The number of rotatable bonds is 7. The third-order valence-corrected chi connectivity index (χ3v) is 14.1. The van der Waals surface area contributed by atoms with E-state index in [1.807, 2.05) is 48.5 Å². The van der Waals surface area contributed by atoms with Crippen molar-refractivity contribution in [3.8, 4) is 22.3 Å². The van der Waals surface area contributed by atoms with E-state index in [2.05, 4.69) is 219 Å². The van der Waals surface area contributed by atoms with E-state index in [-0.39, 0.29) is 0 Å². The molecule has 2 N–H and O–H groups in total. The summed E-state index contributed by atoms with van der Waals surface area (Å²) in [5.74, 6) is 0. The minimum Gasteiger partial charge on any atom is -0.399 e. The molecule has 1 nitrogen and oxygen atoms in total. The molecule has 3 aliphatic rings. The first-order chi connectivity index (χ1) is 33.1. The largest absolute Gasteiger partial charge is 0.399 e. The van der Waals surface area contributed by atoms with Gasteiger partial charge >= 0.3 is 0 Å². The van der Waals surface area contributed by atoms with E-state index >= 15 is 0 Å². The Morgan fingerprint density at radius 3 is 1.75 bits per heavy atom. The molecule has 0 fully saturated rings. The average molecular weight is 858 g/mol. The molecule has 9 aromatic rings. The number of benzene rings is 9. The molecule has 0 aliphatic heterocycles. The number of anilines is 1. The number of nitrogens with two attached hydrogens (primary N) is 1. The smallest absolute Gasteiger partial charge is 0.0720 e. The average Bonchev–Trinajstić information content (AvgIpc) is 3.69. The Morgan fingerprint density at radius 1 is 0.493 bits per heavy atom. The lowest BCUT2D eigenvalue weighted by molar-refractivity contribution is 0.595. The summed E-state index contributed by atoms with van der Waals surface area (Å²) in [6, 6.07) is 79.5. The van der Waals surface area contributed by atoms with Gasteiger partial charge in [-0.15, -0.1) is 0 Å². The zero-order valence-corrected chi connectivity index (χ0v) is 37.5. The van der Waals surface area contributed by atoms with Gasteiger partial charge in [0.05, 0.1) is 10.8 Å². The molecule has 9 aromatic carbocycles. The van der Waals surface area contributed by atoms with Crippen LogP contribution in [-0.2, 0) is 10.8 Å². The van der Waals surface area contributed by atoms with Crippen LogP contribution in [0.15, 0.2) is 267 Å². The number of hydrogen-bond acceptors (Lipinski definition) is 1. The standard InChI is InChI=1S/C54H40.C12H11N/c1-2-17-39(42-34-33-40-18-9-10-19-41(40)37-42)32-30-38-31-35-46-45-24-11-12-25-47(45)54(52(46)36-38)50-28-15-13-26-48(50)53(43-20-5-3-6-21-43,44-22-7-4-8-23-44)49-27-14-16-29-51(49)54;13-12-8-6-11(7-9-12)10-4-2-1-3-5-10/h2-7,9-22,24-37H,1,8,23H2;1-9H,13H2/b32-30-,39-17+;. The molecule has 67 heavy (non-hydrogen) atoms. The van der Waals surface area contributed by atoms with E-state index in [4.69, 9.17) is 5.73 Å². The van der Waals surface area contributed by atoms with Crippen molar-refractivity contribution < 1.29 is 0 Å². The van der Waals surface area contributed by atoms with Gasteiger partial charge in [-0.2, -0.15) is 0 Å². The van der Waals surface area contributed by atoms with Crippen LogP contribution in [-0.4, -0.2) is 0 Å². The highest BCUT2D eigenvalue weighted by Crippen LogP contribution is 2.65. The maximum atomic E-state index is 5.60. The Kier molecular flexibility index (Phi) is 10.9. The summed E-state index contributed by atoms with van der Waals surface area (Å²) >= 11 is 0. The predicted octanol–water partition coefficient (Wildman–Crippen LogP) is 16.3. The Bertz CT molecular complexity index is 3370. The number of hydrogen-bond donors (Lipinski definition) is 1. The summed E-state index contributed by atoms with van der Waals surface area (Å²) < 4.78 is 0. The first kappa shape index (κ1) is 41.4. The molecule has 1 heteroatoms. The van der Waals surface area contributed by atoms with Crippen LogP contribution in [0.5, 0.6) is 0 Å². The normalized spacial score (nSPS) is 17.7. The minimum absolute atomic E-state index is 0.427. The number of allylic oxidation sites excluding steroid dienone is 8. The van der Waals surface area contributed by atoms with Gasteiger partial charge in [0.15, 0.2) is 0 Å². The molecule has 0 bridgehead atoms. The molecule has 0 unspecified atom stereocenters. The molecular formula is C66H51N. The van der Waals surface area contributed by atoms with Crippen LogP contribution in [0.1, 0.15) is 62.9 Å². The fraction of sp³-hybridized carbons (Fsp3) is 0.0606. The van der Waals surface area contributed by atoms with Gasteiger partial charge < -0.3 is 5.73 Å². The van der Waals surface area contributed by atoms with Crippen LogP contribution < -0.4 is 5.73 Å². The highest BCUT2D eigenvalue weighted by molar-refractivity contribution is 5.92. The van der Waals surface area contributed by atoms with Gasteiger partial charge in [-0.05, 0) is 126 Å². The van der Waals surface area contributed by atoms with E-state index in [1.165, 1.54) is 88.7 Å². The second kappa shape index (κ2) is 17.6. The Hall–Kier alpha value is -8.26. The minimum atomic E-state index is -0.496. The highest BCUT2D eigenvalue weighted by Gasteiger charge is 2.57. The second-order valence-electron chi connectivity index (χ2n) is 17.7. The number of fused-ring (bicyclic) bond motifs is 10. The fourth-order valence-electron chi connectivity index (χ4n) is 11.2. The van der Waals surface area contributed by atoms with E-state index in [1.54, 1.807) is 0 Å².